The molecule has 120 valence electrons. The summed E-state index contributed by atoms with van der Waals surface area (Å²) in [6.07, 6.45) is 2.53. The molecule has 0 aromatic heterocycles. The minimum Gasteiger partial charge on any atom is -0.481 e. The first-order valence-electron chi connectivity index (χ1n) is 7.56. The second kappa shape index (κ2) is 7.61. The zero-order valence-electron chi connectivity index (χ0n) is 12.4. The van der Waals surface area contributed by atoms with Gasteiger partial charge in [-0.25, -0.2) is 4.79 Å². The molecule has 0 spiro atoms. The van der Waals surface area contributed by atoms with Crippen molar-refractivity contribution in [2.24, 2.45) is 0 Å². The van der Waals surface area contributed by atoms with Gasteiger partial charge >= 0.3 is 12.0 Å². The van der Waals surface area contributed by atoms with Gasteiger partial charge in [0.2, 0.25) is 0 Å². The first-order chi connectivity index (χ1) is 10.1. The Bertz CT molecular complexity index is 368. The maximum absolute atomic E-state index is 12.2. The van der Waals surface area contributed by atoms with Gasteiger partial charge in [0, 0.05) is 19.7 Å². The van der Waals surface area contributed by atoms with Crippen LogP contribution >= 0.6 is 0 Å². The third-order valence-corrected chi connectivity index (χ3v) is 4.08. The highest BCUT2D eigenvalue weighted by atomic mass is 16.5. The second-order valence-corrected chi connectivity index (χ2v) is 5.62. The van der Waals surface area contributed by atoms with Gasteiger partial charge < -0.3 is 24.8 Å². The number of piperidine rings is 1. The molecular formula is C14H24N2O5. The number of carbonyl (C=O) groups excluding carboxylic acids is 1. The van der Waals surface area contributed by atoms with Crippen LogP contribution < -0.4 is 5.32 Å². The minimum absolute atomic E-state index is 0.0280. The fraction of sp³-hybridized carbons (Fsp3) is 0.857. The largest absolute Gasteiger partial charge is 0.481 e. The van der Waals surface area contributed by atoms with E-state index in [9.17, 15) is 9.59 Å². The topological polar surface area (TPSA) is 88.1 Å². The SMILES string of the molecule is CC1OCCC1NC(=O)N1CCC(OCCC(=O)O)CC1. The van der Waals surface area contributed by atoms with Gasteiger partial charge in [0.25, 0.3) is 0 Å². The number of aliphatic carboxylic acids is 1. The van der Waals surface area contributed by atoms with Gasteiger partial charge in [0.1, 0.15) is 0 Å². The van der Waals surface area contributed by atoms with Gasteiger partial charge in [0.05, 0.1) is 31.3 Å². The number of nitrogens with zero attached hydrogens (tertiary/aromatic N) is 1. The van der Waals surface area contributed by atoms with Crippen LogP contribution in [0.4, 0.5) is 4.79 Å². The van der Waals surface area contributed by atoms with Crippen LogP contribution in [0.5, 0.6) is 0 Å². The first-order valence-corrected chi connectivity index (χ1v) is 7.56. The molecule has 2 N–H and O–H groups in total. The Labute approximate surface area is 124 Å². The fourth-order valence-electron chi connectivity index (χ4n) is 2.71. The van der Waals surface area contributed by atoms with Crippen LogP contribution in [0.3, 0.4) is 0 Å². The number of nitrogens with one attached hydrogen (secondary N) is 1. The van der Waals surface area contributed by atoms with Crippen LogP contribution in [-0.2, 0) is 14.3 Å². The van der Waals surface area contributed by atoms with Crippen molar-refractivity contribution in [2.45, 2.75) is 50.9 Å². The van der Waals surface area contributed by atoms with Gasteiger partial charge in [0.15, 0.2) is 0 Å². The maximum Gasteiger partial charge on any atom is 0.317 e. The quantitative estimate of drug-likeness (QED) is 0.785. The molecule has 7 heteroatoms. The van der Waals surface area contributed by atoms with E-state index in [0.717, 1.165) is 19.3 Å². The number of hydrogen-bond acceptors (Lipinski definition) is 4. The van der Waals surface area contributed by atoms with E-state index in [1.165, 1.54) is 0 Å². The van der Waals surface area contributed by atoms with Crippen LogP contribution in [0.15, 0.2) is 0 Å². The summed E-state index contributed by atoms with van der Waals surface area (Å²) < 4.78 is 10.9. The fourth-order valence-corrected chi connectivity index (χ4v) is 2.71. The molecule has 21 heavy (non-hydrogen) atoms. The van der Waals surface area contributed by atoms with Crippen molar-refractivity contribution in [3.63, 3.8) is 0 Å². The van der Waals surface area contributed by atoms with E-state index in [0.29, 0.717) is 19.7 Å². The van der Waals surface area contributed by atoms with E-state index < -0.39 is 5.97 Å². The molecule has 2 atom stereocenters. The van der Waals surface area contributed by atoms with Crippen LogP contribution in [0.2, 0.25) is 0 Å². The summed E-state index contributed by atoms with van der Waals surface area (Å²) in [5.41, 5.74) is 0. The van der Waals surface area contributed by atoms with Crippen molar-refractivity contribution >= 4 is 12.0 Å². The zero-order chi connectivity index (χ0) is 15.2. The molecule has 0 saturated carbocycles. The Kier molecular flexibility index (Phi) is 5.81. The third-order valence-electron chi connectivity index (χ3n) is 4.08. The number of ether oxygens (including phenoxy) is 2. The summed E-state index contributed by atoms with van der Waals surface area (Å²) >= 11 is 0. The predicted octanol–water partition coefficient (Wildman–Crippen LogP) is 0.829. The lowest BCUT2D eigenvalue weighted by molar-refractivity contribution is -0.138. The number of carboxylic acids is 1. The first kappa shape index (κ1) is 16.0. The Morgan fingerprint density at radius 2 is 2.05 bits per heavy atom. The van der Waals surface area contributed by atoms with Gasteiger partial charge in [-0.2, -0.15) is 0 Å². The number of carboxylic acid groups (broad SMARTS) is 1. The van der Waals surface area contributed by atoms with Crippen LogP contribution in [0.1, 0.15) is 32.6 Å². The lowest BCUT2D eigenvalue weighted by Gasteiger charge is -2.33. The van der Waals surface area contributed by atoms with Crippen LogP contribution in [0, 0.1) is 0 Å². The van der Waals surface area contributed by atoms with Gasteiger partial charge in [-0.15, -0.1) is 0 Å². The lowest BCUT2D eigenvalue weighted by atomic mass is 10.1. The van der Waals surface area contributed by atoms with Crippen molar-refractivity contribution < 1.29 is 24.2 Å². The molecule has 0 aromatic carbocycles. The molecule has 2 unspecified atom stereocenters. The monoisotopic (exact) mass is 300 g/mol. The molecule has 2 aliphatic heterocycles. The molecule has 2 heterocycles. The molecule has 2 saturated heterocycles. The van der Waals surface area contributed by atoms with Gasteiger partial charge in [-0.3, -0.25) is 4.79 Å². The summed E-state index contributed by atoms with van der Waals surface area (Å²) in [5.74, 6) is -0.847. The molecular weight excluding hydrogens is 276 g/mol. The highest BCUT2D eigenvalue weighted by Crippen LogP contribution is 2.16. The number of urea groups is 1. The summed E-state index contributed by atoms with van der Waals surface area (Å²) in [6.45, 7) is 4.20. The van der Waals surface area contributed by atoms with E-state index >= 15 is 0 Å². The van der Waals surface area contributed by atoms with Crippen molar-refractivity contribution in [1.82, 2.24) is 10.2 Å². The molecule has 2 rings (SSSR count). The summed E-state index contributed by atoms with van der Waals surface area (Å²) in [6, 6.07) is 0.0587. The van der Waals surface area contributed by atoms with Gasteiger partial charge in [-0.05, 0) is 26.2 Å². The average Bonchev–Trinajstić information content (AvgIpc) is 2.84. The van der Waals surface area contributed by atoms with Crippen LogP contribution in [-0.4, -0.2) is 66.6 Å². The average molecular weight is 300 g/mol. The third kappa shape index (κ3) is 4.86. The van der Waals surface area contributed by atoms with E-state index in [4.69, 9.17) is 14.6 Å². The van der Waals surface area contributed by atoms with Crippen LogP contribution in [0.25, 0.3) is 0 Å². The Balaban J connectivity index is 1.66. The van der Waals surface area contributed by atoms with E-state index in [1.54, 1.807) is 4.90 Å². The Hall–Kier alpha value is -1.34. The highest BCUT2D eigenvalue weighted by molar-refractivity contribution is 5.74. The summed E-state index contributed by atoms with van der Waals surface area (Å²) in [5, 5.41) is 11.6. The molecule has 7 nitrogen and oxygen atoms in total. The number of rotatable bonds is 5. The van der Waals surface area contributed by atoms with Gasteiger partial charge in [-0.1, -0.05) is 0 Å². The Morgan fingerprint density at radius 1 is 1.33 bits per heavy atom. The highest BCUT2D eigenvalue weighted by Gasteiger charge is 2.29. The molecule has 2 aliphatic rings. The molecule has 0 aromatic rings. The molecule has 2 fully saturated rings. The number of amides is 2. The van der Waals surface area contributed by atoms with E-state index in [2.05, 4.69) is 5.32 Å². The smallest absolute Gasteiger partial charge is 0.317 e. The normalized spacial score (nSPS) is 26.8. The molecule has 0 aliphatic carbocycles. The predicted molar refractivity (Wildman–Crippen MR) is 75.2 cm³/mol. The molecule has 0 bridgehead atoms. The Morgan fingerprint density at radius 3 is 2.62 bits per heavy atom. The minimum atomic E-state index is -0.847. The standard InChI is InChI=1S/C14H24N2O5/c1-10-12(4-8-20-10)15-14(19)16-6-2-11(3-7-16)21-9-5-13(17)18/h10-12H,2-9H2,1H3,(H,15,19)(H,17,18). The number of hydrogen-bond donors (Lipinski definition) is 2. The van der Waals surface area contributed by atoms with Crippen molar-refractivity contribution in [3.05, 3.63) is 0 Å². The second-order valence-electron chi connectivity index (χ2n) is 5.62. The van der Waals surface area contributed by atoms with E-state index in [1.807, 2.05) is 6.92 Å². The zero-order valence-corrected chi connectivity index (χ0v) is 12.4. The number of likely N-dealkylation sites (tertiary alicyclic amines) is 1. The molecule has 0 radical (unpaired) electrons. The van der Waals surface area contributed by atoms with Crippen molar-refractivity contribution in [3.8, 4) is 0 Å². The maximum atomic E-state index is 12.2. The summed E-state index contributed by atoms with van der Waals surface area (Å²) in [7, 11) is 0. The molecule has 2 amide bonds. The van der Waals surface area contributed by atoms with E-state index in [-0.39, 0.29) is 37.3 Å². The van der Waals surface area contributed by atoms with Crippen molar-refractivity contribution in [1.29, 1.82) is 0 Å². The van der Waals surface area contributed by atoms with Crippen molar-refractivity contribution in [2.75, 3.05) is 26.3 Å². The summed E-state index contributed by atoms with van der Waals surface area (Å²) in [4.78, 5) is 24.4. The number of carbonyl (C=O) groups is 2. The lowest BCUT2D eigenvalue weighted by Crippen LogP contribution is -2.50.